The second-order valence-electron chi connectivity index (χ2n) is 6.33. The summed E-state index contributed by atoms with van der Waals surface area (Å²) < 4.78 is 1.09. The van der Waals surface area contributed by atoms with Crippen LogP contribution in [-0.4, -0.2) is 11.8 Å². The van der Waals surface area contributed by atoms with Gasteiger partial charge in [0, 0.05) is 22.5 Å². The van der Waals surface area contributed by atoms with Crippen molar-refractivity contribution in [3.05, 3.63) is 59.5 Å². The van der Waals surface area contributed by atoms with Crippen LogP contribution in [0.4, 0.5) is 11.4 Å². The summed E-state index contributed by atoms with van der Waals surface area (Å²) in [5.41, 5.74) is 1.43. The van der Waals surface area contributed by atoms with Crippen LogP contribution < -0.4 is 10.6 Å². The van der Waals surface area contributed by atoms with E-state index < -0.39 is 0 Å². The predicted molar refractivity (Wildman–Crippen MR) is 104 cm³/mol. The first-order valence-corrected chi connectivity index (χ1v) is 9.03. The summed E-state index contributed by atoms with van der Waals surface area (Å²) in [6.45, 7) is 4.01. The van der Waals surface area contributed by atoms with Gasteiger partial charge in [0.1, 0.15) is 0 Å². The van der Waals surface area contributed by atoms with Crippen molar-refractivity contribution in [3.8, 4) is 0 Å². The lowest BCUT2D eigenvalue weighted by atomic mass is 10.1. The van der Waals surface area contributed by atoms with Gasteiger partial charge in [0.2, 0.25) is 5.91 Å². The molecular formula is C20H20N2O2S. The highest BCUT2D eigenvalue weighted by Crippen LogP contribution is 2.26. The van der Waals surface area contributed by atoms with Crippen LogP contribution in [0.3, 0.4) is 0 Å². The number of hydrogen-bond acceptors (Lipinski definition) is 3. The molecule has 0 saturated heterocycles. The number of fused-ring (bicyclic) bond motifs is 1. The minimum absolute atomic E-state index is 0.00272. The van der Waals surface area contributed by atoms with Crippen LogP contribution in [-0.2, 0) is 4.79 Å². The molecule has 0 saturated carbocycles. The molecule has 0 unspecified atom stereocenters. The quantitative estimate of drug-likeness (QED) is 0.668. The molecule has 25 heavy (non-hydrogen) atoms. The Balaban J connectivity index is 1.64. The number of rotatable bonds is 5. The van der Waals surface area contributed by atoms with Crippen molar-refractivity contribution in [2.75, 3.05) is 10.6 Å². The van der Waals surface area contributed by atoms with E-state index in [4.69, 9.17) is 0 Å². The second kappa shape index (κ2) is 7.49. The van der Waals surface area contributed by atoms with E-state index in [1.54, 1.807) is 24.3 Å². The maximum Gasteiger partial charge on any atom is 0.265 e. The highest BCUT2D eigenvalue weighted by Gasteiger charge is 2.11. The van der Waals surface area contributed by atoms with Crippen molar-refractivity contribution in [1.29, 1.82) is 0 Å². The van der Waals surface area contributed by atoms with E-state index in [1.165, 1.54) is 11.3 Å². The van der Waals surface area contributed by atoms with Crippen molar-refractivity contribution in [2.24, 2.45) is 5.92 Å². The molecule has 0 atom stereocenters. The molecule has 0 radical (unpaired) electrons. The molecule has 0 aliphatic rings. The number of hydrogen-bond donors (Lipinski definition) is 2. The van der Waals surface area contributed by atoms with E-state index in [-0.39, 0.29) is 11.8 Å². The van der Waals surface area contributed by atoms with Gasteiger partial charge in [-0.15, -0.1) is 11.3 Å². The van der Waals surface area contributed by atoms with Crippen LogP contribution >= 0.6 is 11.3 Å². The van der Waals surface area contributed by atoms with Crippen LogP contribution in [0.1, 0.15) is 29.9 Å². The van der Waals surface area contributed by atoms with Crippen molar-refractivity contribution in [1.82, 2.24) is 0 Å². The van der Waals surface area contributed by atoms with E-state index in [9.17, 15) is 9.59 Å². The summed E-state index contributed by atoms with van der Waals surface area (Å²) in [5, 5.41) is 6.81. The average Bonchev–Trinajstić information content (AvgIpc) is 3.00. The normalized spacial score (nSPS) is 10.8. The monoisotopic (exact) mass is 352 g/mol. The number of thiophene rings is 1. The van der Waals surface area contributed by atoms with E-state index in [1.807, 2.05) is 44.2 Å². The van der Waals surface area contributed by atoms with Crippen molar-refractivity contribution in [2.45, 2.75) is 20.3 Å². The Labute approximate surface area is 150 Å². The summed E-state index contributed by atoms with van der Waals surface area (Å²) in [5.74, 6) is 0.190. The van der Waals surface area contributed by atoms with Crippen LogP contribution in [0.5, 0.6) is 0 Å². The fourth-order valence-electron chi connectivity index (χ4n) is 2.51. The number of carbonyl (C=O) groups excluding carboxylic acids is 2. The maximum absolute atomic E-state index is 12.4. The van der Waals surface area contributed by atoms with Gasteiger partial charge in [-0.2, -0.15) is 0 Å². The number of anilines is 2. The zero-order chi connectivity index (χ0) is 17.8. The topological polar surface area (TPSA) is 58.2 Å². The third-order valence-corrected chi connectivity index (χ3v) is 4.78. The smallest absolute Gasteiger partial charge is 0.265 e. The first-order chi connectivity index (χ1) is 12.0. The van der Waals surface area contributed by atoms with Gasteiger partial charge in [-0.05, 0) is 47.7 Å². The number of carbonyl (C=O) groups is 2. The zero-order valence-corrected chi connectivity index (χ0v) is 15.0. The highest BCUT2D eigenvalue weighted by molar-refractivity contribution is 7.20. The fourth-order valence-corrected chi connectivity index (χ4v) is 3.46. The van der Waals surface area contributed by atoms with Crippen molar-refractivity contribution >= 4 is 44.6 Å². The Morgan fingerprint density at radius 3 is 2.24 bits per heavy atom. The lowest BCUT2D eigenvalue weighted by molar-refractivity contribution is -0.116. The SMILES string of the molecule is CC(C)CC(=O)Nc1ccc(NC(=O)c2cc3ccccc3s2)cc1. The number of nitrogens with one attached hydrogen (secondary N) is 2. The molecule has 3 aromatic rings. The van der Waals surface area contributed by atoms with Crippen molar-refractivity contribution in [3.63, 3.8) is 0 Å². The third kappa shape index (κ3) is 4.45. The lowest BCUT2D eigenvalue weighted by Gasteiger charge is -2.08. The van der Waals surface area contributed by atoms with E-state index in [2.05, 4.69) is 10.6 Å². The van der Waals surface area contributed by atoms with E-state index in [0.717, 1.165) is 15.8 Å². The summed E-state index contributed by atoms with van der Waals surface area (Å²) in [7, 11) is 0. The molecule has 128 valence electrons. The number of amides is 2. The number of benzene rings is 2. The van der Waals surface area contributed by atoms with Gasteiger partial charge in [-0.25, -0.2) is 0 Å². The molecule has 3 rings (SSSR count). The Bertz CT molecular complexity index is 864. The molecule has 0 spiro atoms. The minimum Gasteiger partial charge on any atom is -0.326 e. The molecular weight excluding hydrogens is 332 g/mol. The molecule has 1 aromatic heterocycles. The predicted octanol–water partition coefficient (Wildman–Crippen LogP) is 5.14. The van der Waals surface area contributed by atoms with Crippen LogP contribution in [0.25, 0.3) is 10.1 Å². The van der Waals surface area contributed by atoms with Crippen LogP contribution in [0, 0.1) is 5.92 Å². The van der Waals surface area contributed by atoms with Gasteiger partial charge >= 0.3 is 0 Å². The highest BCUT2D eigenvalue weighted by atomic mass is 32.1. The molecule has 5 heteroatoms. The molecule has 0 aliphatic heterocycles. The third-order valence-electron chi connectivity index (χ3n) is 3.67. The largest absolute Gasteiger partial charge is 0.326 e. The standard InChI is InChI=1S/C20H20N2O2S/c1-13(2)11-19(23)21-15-7-9-16(10-8-15)22-20(24)18-12-14-5-3-4-6-17(14)25-18/h3-10,12-13H,11H2,1-2H3,(H,21,23)(H,22,24). The van der Waals surface area contributed by atoms with Gasteiger partial charge in [-0.3, -0.25) is 9.59 Å². The molecule has 4 nitrogen and oxygen atoms in total. The van der Waals surface area contributed by atoms with Crippen LogP contribution in [0.2, 0.25) is 0 Å². The van der Waals surface area contributed by atoms with Gasteiger partial charge in [-0.1, -0.05) is 32.0 Å². The molecule has 0 aliphatic carbocycles. The Kier molecular flexibility index (Phi) is 5.14. The first-order valence-electron chi connectivity index (χ1n) is 8.21. The summed E-state index contributed by atoms with van der Waals surface area (Å²) >= 11 is 1.47. The van der Waals surface area contributed by atoms with Gasteiger partial charge < -0.3 is 10.6 Å². The van der Waals surface area contributed by atoms with Crippen molar-refractivity contribution < 1.29 is 9.59 Å². The molecule has 2 N–H and O–H groups in total. The maximum atomic E-state index is 12.4. The molecule has 0 fully saturated rings. The van der Waals surface area contributed by atoms with E-state index in [0.29, 0.717) is 22.9 Å². The summed E-state index contributed by atoms with van der Waals surface area (Å²) in [6.07, 6.45) is 0.491. The Hall–Kier alpha value is -2.66. The fraction of sp³-hybridized carbons (Fsp3) is 0.200. The molecule has 2 amide bonds. The van der Waals surface area contributed by atoms with Gasteiger partial charge in [0.15, 0.2) is 0 Å². The van der Waals surface area contributed by atoms with Crippen LogP contribution in [0.15, 0.2) is 54.6 Å². The zero-order valence-electron chi connectivity index (χ0n) is 14.2. The second-order valence-corrected chi connectivity index (χ2v) is 7.41. The van der Waals surface area contributed by atoms with Gasteiger partial charge in [0.05, 0.1) is 4.88 Å². The first kappa shape index (κ1) is 17.2. The molecule has 1 heterocycles. The summed E-state index contributed by atoms with van der Waals surface area (Å²) in [6, 6.07) is 17.0. The lowest BCUT2D eigenvalue weighted by Crippen LogP contribution is -2.14. The van der Waals surface area contributed by atoms with Gasteiger partial charge in [0.25, 0.3) is 5.91 Å². The molecule has 0 bridgehead atoms. The Morgan fingerprint density at radius 2 is 1.60 bits per heavy atom. The summed E-state index contributed by atoms with van der Waals surface area (Å²) in [4.78, 5) is 24.8. The average molecular weight is 352 g/mol. The van der Waals surface area contributed by atoms with E-state index >= 15 is 0 Å². The molecule has 2 aromatic carbocycles. The minimum atomic E-state index is -0.127. The Morgan fingerprint density at radius 1 is 0.960 bits per heavy atom.